The van der Waals surface area contributed by atoms with Gasteiger partial charge in [-0.1, -0.05) is 12.1 Å². The Hall–Kier alpha value is -0.690. The van der Waals surface area contributed by atoms with Crippen LogP contribution in [-0.4, -0.2) is 29.9 Å². The smallest absolute Gasteiger partial charge is 0.244 e. The van der Waals surface area contributed by atoms with Gasteiger partial charge in [0.1, 0.15) is 0 Å². The van der Waals surface area contributed by atoms with Crippen molar-refractivity contribution in [3.8, 4) is 0 Å². The van der Waals surface area contributed by atoms with Crippen LogP contribution in [-0.2, 0) is 16.6 Å². The predicted octanol–water partition coefficient (Wildman–Crippen LogP) is 3.23. The molecule has 0 saturated heterocycles. The van der Waals surface area contributed by atoms with Gasteiger partial charge in [-0.05, 0) is 60.8 Å². The van der Waals surface area contributed by atoms with Crippen LogP contribution in [0.1, 0.15) is 31.9 Å². The molecule has 1 N–H and O–H groups in total. The molecule has 0 unspecified atom stereocenters. The Morgan fingerprint density at radius 1 is 1.38 bits per heavy atom. The van der Waals surface area contributed by atoms with Crippen molar-refractivity contribution in [3.63, 3.8) is 0 Å². The maximum atomic E-state index is 13.0. The Morgan fingerprint density at radius 3 is 2.38 bits per heavy atom. The zero-order valence-corrected chi connectivity index (χ0v) is 15.3. The minimum Gasteiger partial charge on any atom is -0.392 e. The molecule has 0 amide bonds. The summed E-state index contributed by atoms with van der Waals surface area (Å²) in [4.78, 5) is 0.170. The van der Waals surface area contributed by atoms with Crippen molar-refractivity contribution in [2.75, 3.05) is 6.54 Å². The number of rotatable bonds is 5. The van der Waals surface area contributed by atoms with Crippen LogP contribution < -0.4 is 0 Å². The van der Waals surface area contributed by atoms with Crippen molar-refractivity contribution < 1.29 is 13.5 Å². The minimum absolute atomic E-state index is 0.170. The molecule has 0 saturated carbocycles. The van der Waals surface area contributed by atoms with Crippen molar-refractivity contribution in [2.24, 2.45) is 0 Å². The quantitative estimate of drug-likeness (QED) is 0.803. The van der Waals surface area contributed by atoms with E-state index in [1.165, 1.54) is 10.4 Å². The van der Waals surface area contributed by atoms with Gasteiger partial charge in [0.15, 0.2) is 0 Å². The number of hydrogen-bond acceptors (Lipinski definition) is 3. The fourth-order valence-electron chi connectivity index (χ4n) is 2.06. The lowest BCUT2D eigenvalue weighted by Crippen LogP contribution is -2.45. The molecule has 118 valence electrons. The van der Waals surface area contributed by atoms with Gasteiger partial charge in [0, 0.05) is 16.6 Å². The first-order chi connectivity index (χ1) is 9.55. The summed E-state index contributed by atoms with van der Waals surface area (Å²) in [5.74, 6) is 0. The Kier molecular flexibility index (Phi) is 5.77. The molecule has 1 rings (SSSR count). The van der Waals surface area contributed by atoms with Crippen LogP contribution in [0.15, 0.2) is 34.2 Å². The van der Waals surface area contributed by atoms with Crippen molar-refractivity contribution in [1.82, 2.24) is 4.31 Å². The number of benzene rings is 1. The van der Waals surface area contributed by atoms with E-state index in [-0.39, 0.29) is 18.0 Å². The monoisotopic (exact) mass is 375 g/mol. The molecule has 0 aliphatic carbocycles. The summed E-state index contributed by atoms with van der Waals surface area (Å²) in [6, 6.07) is 3.27. The van der Waals surface area contributed by atoms with Gasteiger partial charge < -0.3 is 5.11 Å². The predicted molar refractivity (Wildman–Crippen MR) is 88.6 cm³/mol. The Bertz CT molecular complexity index is 633. The van der Waals surface area contributed by atoms with E-state index in [1.54, 1.807) is 19.1 Å². The van der Waals surface area contributed by atoms with Gasteiger partial charge in [-0.2, -0.15) is 4.31 Å². The Morgan fingerprint density at radius 2 is 1.95 bits per heavy atom. The number of halogens is 1. The first kappa shape index (κ1) is 18.4. The molecule has 0 aliphatic rings. The van der Waals surface area contributed by atoms with Gasteiger partial charge in [-0.25, -0.2) is 8.42 Å². The highest BCUT2D eigenvalue weighted by molar-refractivity contribution is 9.10. The summed E-state index contributed by atoms with van der Waals surface area (Å²) in [7, 11) is -3.70. The molecular formula is C15H22BrNO3S. The fourth-order valence-corrected chi connectivity index (χ4v) is 4.85. The van der Waals surface area contributed by atoms with Crippen LogP contribution in [0.4, 0.5) is 0 Å². The van der Waals surface area contributed by atoms with Crippen molar-refractivity contribution >= 4 is 26.0 Å². The third-order valence-electron chi connectivity index (χ3n) is 3.07. The van der Waals surface area contributed by atoms with Gasteiger partial charge >= 0.3 is 0 Å². The summed E-state index contributed by atoms with van der Waals surface area (Å²) in [5, 5.41) is 9.31. The molecule has 4 nitrogen and oxygen atoms in total. The molecule has 0 atom stereocenters. The number of aliphatic hydroxyl groups excluding tert-OH is 1. The van der Waals surface area contributed by atoms with E-state index >= 15 is 0 Å². The SMILES string of the molecule is C=CCN(C(C)(C)C)S(=O)(=O)c1cc(CO)cc(C)c1Br. The van der Waals surface area contributed by atoms with Crippen LogP contribution >= 0.6 is 15.9 Å². The Balaban J connectivity index is 3.55. The molecule has 0 heterocycles. The standard InChI is InChI=1S/C15H22BrNO3S/c1-6-7-17(15(3,4)5)21(19,20)13-9-12(10-18)8-11(2)14(13)16/h6,8-9,18H,1,7,10H2,2-5H3. The van der Waals surface area contributed by atoms with Gasteiger partial charge in [0.2, 0.25) is 10.0 Å². The van der Waals surface area contributed by atoms with Gasteiger partial charge in [-0.3, -0.25) is 0 Å². The lowest BCUT2D eigenvalue weighted by atomic mass is 10.1. The van der Waals surface area contributed by atoms with Crippen LogP contribution in [0.3, 0.4) is 0 Å². The third kappa shape index (κ3) is 3.94. The summed E-state index contributed by atoms with van der Waals surface area (Å²) in [5.41, 5.74) is 0.768. The number of aryl methyl sites for hydroxylation is 1. The first-order valence-electron chi connectivity index (χ1n) is 6.59. The second-order valence-corrected chi connectivity index (χ2v) is 8.50. The van der Waals surface area contributed by atoms with Crippen LogP contribution in [0.5, 0.6) is 0 Å². The molecule has 6 heteroatoms. The molecule has 0 aliphatic heterocycles. The molecule has 0 radical (unpaired) electrons. The van der Waals surface area contributed by atoms with Crippen LogP contribution in [0, 0.1) is 6.92 Å². The number of aliphatic hydroxyl groups is 1. The largest absolute Gasteiger partial charge is 0.392 e. The lowest BCUT2D eigenvalue weighted by molar-refractivity contribution is 0.269. The molecule has 0 fully saturated rings. The second-order valence-electron chi connectivity index (χ2n) is 5.88. The molecule has 21 heavy (non-hydrogen) atoms. The zero-order valence-electron chi connectivity index (χ0n) is 12.9. The van der Waals surface area contributed by atoms with E-state index in [9.17, 15) is 13.5 Å². The zero-order chi connectivity index (χ0) is 16.4. The molecule has 0 bridgehead atoms. The topological polar surface area (TPSA) is 57.6 Å². The average molecular weight is 376 g/mol. The second kappa shape index (κ2) is 6.60. The number of sulfonamides is 1. The van der Waals surface area contributed by atoms with E-state index in [0.29, 0.717) is 10.0 Å². The van der Waals surface area contributed by atoms with Crippen LogP contribution in [0.2, 0.25) is 0 Å². The molecule has 0 spiro atoms. The van der Waals surface area contributed by atoms with E-state index in [2.05, 4.69) is 22.5 Å². The molecule has 0 aromatic heterocycles. The number of nitrogens with zero attached hydrogens (tertiary/aromatic N) is 1. The summed E-state index contributed by atoms with van der Waals surface area (Å²) in [6.45, 7) is 11.0. The normalized spacial score (nSPS) is 12.7. The highest BCUT2D eigenvalue weighted by atomic mass is 79.9. The minimum atomic E-state index is -3.70. The van der Waals surface area contributed by atoms with E-state index in [1.807, 2.05) is 20.8 Å². The maximum absolute atomic E-state index is 13.0. The van der Waals surface area contributed by atoms with Crippen molar-refractivity contribution in [2.45, 2.75) is 44.7 Å². The third-order valence-corrected chi connectivity index (χ3v) is 6.54. The average Bonchev–Trinajstić information content (AvgIpc) is 2.37. The molecule has 1 aromatic rings. The maximum Gasteiger partial charge on any atom is 0.244 e. The van der Waals surface area contributed by atoms with Crippen molar-refractivity contribution in [1.29, 1.82) is 0 Å². The highest BCUT2D eigenvalue weighted by Crippen LogP contribution is 2.32. The molecular weight excluding hydrogens is 354 g/mol. The van der Waals surface area contributed by atoms with E-state index in [4.69, 9.17) is 0 Å². The first-order valence-corrected chi connectivity index (χ1v) is 8.82. The molecule has 1 aromatic carbocycles. The van der Waals surface area contributed by atoms with Crippen molar-refractivity contribution in [3.05, 3.63) is 40.4 Å². The lowest BCUT2D eigenvalue weighted by Gasteiger charge is -2.34. The summed E-state index contributed by atoms with van der Waals surface area (Å²) in [6.07, 6.45) is 1.57. The van der Waals surface area contributed by atoms with Gasteiger partial charge in [0.05, 0.1) is 11.5 Å². The van der Waals surface area contributed by atoms with E-state index < -0.39 is 15.6 Å². The highest BCUT2D eigenvalue weighted by Gasteiger charge is 2.34. The summed E-state index contributed by atoms with van der Waals surface area (Å²) < 4.78 is 27.9. The summed E-state index contributed by atoms with van der Waals surface area (Å²) >= 11 is 3.35. The van der Waals surface area contributed by atoms with Gasteiger partial charge in [-0.15, -0.1) is 6.58 Å². The van der Waals surface area contributed by atoms with E-state index in [0.717, 1.165) is 5.56 Å². The Labute approximate surface area is 135 Å². The fraction of sp³-hybridized carbons (Fsp3) is 0.467. The number of hydrogen-bond donors (Lipinski definition) is 1. The van der Waals surface area contributed by atoms with Crippen LogP contribution in [0.25, 0.3) is 0 Å². The van der Waals surface area contributed by atoms with Gasteiger partial charge in [0.25, 0.3) is 0 Å².